The molecule has 1 rings (SSSR count). The van der Waals surface area contributed by atoms with Crippen LogP contribution in [0.2, 0.25) is 0 Å². The Bertz CT molecular complexity index is 482. The van der Waals surface area contributed by atoms with Gasteiger partial charge in [0.2, 0.25) is 0 Å². The average Bonchev–Trinajstić information content (AvgIpc) is 2.43. The fourth-order valence-corrected chi connectivity index (χ4v) is 2.73. The monoisotopic (exact) mass is 351 g/mol. The van der Waals surface area contributed by atoms with Crippen molar-refractivity contribution >= 4 is 27.4 Å². The number of halogens is 1. The van der Waals surface area contributed by atoms with Crippen LogP contribution in [0.15, 0.2) is 34.0 Å². The summed E-state index contributed by atoms with van der Waals surface area (Å²) in [6.07, 6.45) is 10.2. The number of rotatable bonds is 6. The van der Waals surface area contributed by atoms with Crippen LogP contribution in [0, 0.1) is 10.8 Å². The van der Waals surface area contributed by atoms with Crippen LogP contribution in [-0.2, 0) is 0 Å². The van der Waals surface area contributed by atoms with Gasteiger partial charge in [0.05, 0.1) is 11.4 Å². The number of nitrogens with one attached hydrogen (secondary N) is 2. The molecule has 0 atom stereocenters. The van der Waals surface area contributed by atoms with Gasteiger partial charge in [0.25, 0.3) is 0 Å². The second-order valence-electron chi connectivity index (χ2n) is 5.53. The molecule has 0 aromatic carbocycles. The molecular weight excluding hydrogens is 326 g/mol. The molecule has 0 saturated heterocycles. The van der Waals surface area contributed by atoms with Crippen LogP contribution in [-0.4, -0.2) is 29.4 Å². The van der Waals surface area contributed by atoms with Gasteiger partial charge < -0.3 is 4.90 Å². The molecule has 0 unspecified atom stereocenters. The molecule has 0 aromatic rings. The lowest BCUT2D eigenvalue weighted by Gasteiger charge is -2.28. The van der Waals surface area contributed by atoms with Crippen LogP contribution in [0.5, 0.6) is 0 Å². The topological polar surface area (TPSA) is 50.9 Å². The maximum absolute atomic E-state index is 8.33. The Hall–Kier alpha value is -1.16. The Labute approximate surface area is 137 Å². The Balaban J connectivity index is 2.91. The van der Waals surface area contributed by atoms with Gasteiger partial charge in [-0.2, -0.15) is 0 Å². The van der Waals surface area contributed by atoms with Crippen molar-refractivity contribution in [1.82, 2.24) is 4.90 Å². The molecule has 0 amide bonds. The molecular formula is C17H26BrN3. The van der Waals surface area contributed by atoms with E-state index in [0.717, 1.165) is 49.0 Å². The van der Waals surface area contributed by atoms with Crippen molar-refractivity contribution in [3.8, 4) is 0 Å². The second kappa shape index (κ2) is 8.98. The summed E-state index contributed by atoms with van der Waals surface area (Å²) in [6.45, 7) is 8.21. The predicted molar refractivity (Wildman–Crippen MR) is 95.7 cm³/mol. The molecule has 0 aliphatic heterocycles. The van der Waals surface area contributed by atoms with E-state index in [1.807, 2.05) is 6.08 Å². The van der Waals surface area contributed by atoms with Crippen LogP contribution in [0.25, 0.3) is 0 Å². The van der Waals surface area contributed by atoms with Crippen molar-refractivity contribution in [2.24, 2.45) is 0 Å². The smallest absolute Gasteiger partial charge is 0.103 e. The molecule has 0 heterocycles. The van der Waals surface area contributed by atoms with E-state index < -0.39 is 0 Å². The van der Waals surface area contributed by atoms with Crippen molar-refractivity contribution in [2.45, 2.75) is 46.5 Å². The third-order valence-electron chi connectivity index (χ3n) is 3.36. The van der Waals surface area contributed by atoms with Crippen molar-refractivity contribution < 1.29 is 0 Å². The first kappa shape index (κ1) is 17.9. The lowest BCUT2D eigenvalue weighted by atomic mass is 10.0. The zero-order valence-electron chi connectivity index (χ0n) is 13.3. The maximum Gasteiger partial charge on any atom is 0.103 e. The Morgan fingerprint density at radius 1 is 1.19 bits per heavy atom. The number of allylic oxidation sites excluding steroid dienone is 5. The Morgan fingerprint density at radius 3 is 2.48 bits per heavy atom. The van der Waals surface area contributed by atoms with Gasteiger partial charge in [0, 0.05) is 17.6 Å². The molecule has 4 heteroatoms. The summed E-state index contributed by atoms with van der Waals surface area (Å²) in [5.74, 6) is 0. The Kier molecular flexibility index (Phi) is 7.65. The highest BCUT2D eigenvalue weighted by Gasteiger charge is 2.19. The van der Waals surface area contributed by atoms with Gasteiger partial charge in [0.15, 0.2) is 0 Å². The predicted octanol–water partition coefficient (Wildman–Crippen LogP) is 5.05. The summed E-state index contributed by atoms with van der Waals surface area (Å²) in [4.78, 5) is 2.25. The summed E-state index contributed by atoms with van der Waals surface area (Å²) in [7, 11) is 0. The standard InChI is InChI=1S/C17H26BrN3/c1-4-11-21(12-7-8-13(2)3)15-10-6-5-9-14(18)16(19)17(15)20/h8-10,19-20H,4-7,11-12H2,1-3H3/b14-9+,15-10?,19-16?,20-17?. The minimum Gasteiger partial charge on any atom is -0.370 e. The van der Waals surface area contributed by atoms with Crippen LogP contribution in [0.4, 0.5) is 0 Å². The summed E-state index contributed by atoms with van der Waals surface area (Å²) < 4.78 is 0.735. The molecule has 21 heavy (non-hydrogen) atoms. The highest BCUT2D eigenvalue weighted by Crippen LogP contribution is 2.20. The van der Waals surface area contributed by atoms with Gasteiger partial charge >= 0.3 is 0 Å². The first-order chi connectivity index (χ1) is 9.97. The lowest BCUT2D eigenvalue weighted by molar-refractivity contribution is 0.365. The first-order valence-corrected chi connectivity index (χ1v) is 8.39. The molecule has 1 aliphatic carbocycles. The van der Waals surface area contributed by atoms with Crippen LogP contribution in [0.1, 0.15) is 46.5 Å². The van der Waals surface area contributed by atoms with E-state index >= 15 is 0 Å². The molecule has 0 spiro atoms. The minimum atomic E-state index is 0.282. The molecule has 116 valence electrons. The third kappa shape index (κ3) is 5.62. The van der Waals surface area contributed by atoms with Crippen molar-refractivity contribution in [3.63, 3.8) is 0 Å². The van der Waals surface area contributed by atoms with Crippen molar-refractivity contribution in [2.75, 3.05) is 13.1 Å². The maximum atomic E-state index is 8.33. The van der Waals surface area contributed by atoms with Gasteiger partial charge in [-0.25, -0.2) is 0 Å². The number of nitrogens with zero attached hydrogens (tertiary/aromatic N) is 1. The molecule has 0 saturated carbocycles. The zero-order valence-corrected chi connectivity index (χ0v) is 14.9. The summed E-state index contributed by atoms with van der Waals surface area (Å²) in [5.41, 5.74) is 2.84. The SMILES string of the molecule is CCCN(CCC=C(C)C)C1=CCC/C=C(/Br)C(=N)C1=N. The molecule has 1 aliphatic rings. The van der Waals surface area contributed by atoms with Crippen molar-refractivity contribution in [3.05, 3.63) is 34.0 Å². The summed E-state index contributed by atoms with van der Waals surface area (Å²) in [6, 6.07) is 0. The van der Waals surface area contributed by atoms with E-state index in [1.54, 1.807) is 0 Å². The first-order valence-electron chi connectivity index (χ1n) is 7.59. The fourth-order valence-electron chi connectivity index (χ4n) is 2.30. The summed E-state index contributed by atoms with van der Waals surface area (Å²) >= 11 is 3.41. The minimum absolute atomic E-state index is 0.282. The summed E-state index contributed by atoms with van der Waals surface area (Å²) in [5, 5.41) is 16.4. The van der Waals surface area contributed by atoms with E-state index in [1.165, 1.54) is 5.57 Å². The highest BCUT2D eigenvalue weighted by atomic mass is 79.9. The fraction of sp³-hybridized carbons (Fsp3) is 0.529. The van der Waals surface area contributed by atoms with E-state index in [0.29, 0.717) is 5.71 Å². The van der Waals surface area contributed by atoms with E-state index in [9.17, 15) is 0 Å². The Morgan fingerprint density at radius 2 is 1.86 bits per heavy atom. The third-order valence-corrected chi connectivity index (χ3v) is 4.08. The second-order valence-corrected chi connectivity index (χ2v) is 6.38. The van der Waals surface area contributed by atoms with Gasteiger partial charge in [-0.1, -0.05) is 30.7 Å². The number of hydrogen-bond acceptors (Lipinski definition) is 3. The zero-order chi connectivity index (χ0) is 15.8. The number of hydrogen-bond donors (Lipinski definition) is 2. The van der Waals surface area contributed by atoms with Gasteiger partial charge in [-0.05, 0) is 55.5 Å². The van der Waals surface area contributed by atoms with E-state index in [-0.39, 0.29) is 5.71 Å². The molecule has 0 aromatic heterocycles. The largest absolute Gasteiger partial charge is 0.370 e. The molecule has 2 N–H and O–H groups in total. The molecule has 3 nitrogen and oxygen atoms in total. The van der Waals surface area contributed by atoms with Gasteiger partial charge in [-0.15, -0.1) is 0 Å². The molecule has 0 fully saturated rings. The van der Waals surface area contributed by atoms with Gasteiger partial charge in [-0.3, -0.25) is 10.8 Å². The van der Waals surface area contributed by atoms with E-state index in [4.69, 9.17) is 10.8 Å². The van der Waals surface area contributed by atoms with E-state index in [2.05, 4.69) is 53.8 Å². The van der Waals surface area contributed by atoms with Crippen molar-refractivity contribution in [1.29, 1.82) is 10.8 Å². The molecule has 0 radical (unpaired) electrons. The average molecular weight is 352 g/mol. The van der Waals surface area contributed by atoms with Crippen LogP contribution in [0.3, 0.4) is 0 Å². The molecule has 0 bridgehead atoms. The lowest BCUT2D eigenvalue weighted by Crippen LogP contribution is -2.32. The highest BCUT2D eigenvalue weighted by molar-refractivity contribution is 9.12. The normalized spacial score (nSPS) is 18.3. The van der Waals surface area contributed by atoms with Gasteiger partial charge in [0.1, 0.15) is 5.71 Å². The quantitative estimate of drug-likeness (QED) is 0.646. The van der Waals surface area contributed by atoms with Crippen LogP contribution >= 0.6 is 15.9 Å². The van der Waals surface area contributed by atoms with Crippen LogP contribution < -0.4 is 0 Å².